The minimum Gasteiger partial charge on any atom is -0.494 e. The molecule has 2 amide bonds. The molecule has 0 saturated heterocycles. The van der Waals surface area contributed by atoms with Gasteiger partial charge in [-0.3, -0.25) is 9.59 Å². The van der Waals surface area contributed by atoms with E-state index in [1.165, 1.54) is 12.1 Å². The highest BCUT2D eigenvalue weighted by Crippen LogP contribution is 2.37. The van der Waals surface area contributed by atoms with Crippen molar-refractivity contribution in [2.24, 2.45) is 0 Å². The monoisotopic (exact) mass is 371 g/mol. The van der Waals surface area contributed by atoms with E-state index in [0.29, 0.717) is 23.1 Å². The molecule has 1 heterocycles. The Morgan fingerprint density at radius 1 is 1.12 bits per heavy atom. The van der Waals surface area contributed by atoms with Crippen LogP contribution in [0.1, 0.15) is 34.1 Å². The lowest BCUT2D eigenvalue weighted by atomic mass is 9.95. The van der Waals surface area contributed by atoms with Crippen LogP contribution in [0, 0.1) is 0 Å². The third kappa shape index (κ3) is 3.42. The summed E-state index contributed by atoms with van der Waals surface area (Å²) in [6.45, 7) is 2.33. The van der Waals surface area contributed by atoms with Crippen LogP contribution in [0.15, 0.2) is 30.3 Å². The molecule has 0 aliphatic carbocycles. The molecular formula is C16H12F3NO4S. The Bertz CT molecular complexity index is 853. The SMILES string of the molecule is CCCOc1cc2c3c(cccc3c1)C(=O)N(OSC(F)(F)F)C2=O. The summed E-state index contributed by atoms with van der Waals surface area (Å²) in [5.41, 5.74) is -4.60. The summed E-state index contributed by atoms with van der Waals surface area (Å²) in [5, 5.41) is 1.09. The van der Waals surface area contributed by atoms with Gasteiger partial charge in [-0.1, -0.05) is 19.1 Å². The first-order valence-electron chi connectivity index (χ1n) is 7.32. The Morgan fingerprint density at radius 2 is 1.84 bits per heavy atom. The molecule has 0 radical (unpaired) electrons. The van der Waals surface area contributed by atoms with Crippen LogP contribution in [-0.4, -0.2) is 29.0 Å². The Balaban J connectivity index is 2.06. The van der Waals surface area contributed by atoms with Gasteiger partial charge in [0.2, 0.25) is 0 Å². The van der Waals surface area contributed by atoms with Crippen molar-refractivity contribution in [1.82, 2.24) is 5.06 Å². The number of benzene rings is 2. The minimum atomic E-state index is -4.75. The Kier molecular flexibility index (Phi) is 4.61. The van der Waals surface area contributed by atoms with E-state index in [4.69, 9.17) is 4.74 Å². The summed E-state index contributed by atoms with van der Waals surface area (Å²) in [6.07, 6.45) is 0.747. The number of imide groups is 1. The Labute approximate surface area is 144 Å². The van der Waals surface area contributed by atoms with E-state index >= 15 is 0 Å². The average Bonchev–Trinajstić information content (AvgIpc) is 2.56. The molecule has 3 rings (SSSR count). The van der Waals surface area contributed by atoms with E-state index in [1.54, 1.807) is 18.2 Å². The molecular weight excluding hydrogens is 359 g/mol. The quantitative estimate of drug-likeness (QED) is 0.579. The second-order valence-corrected chi connectivity index (χ2v) is 6.01. The van der Waals surface area contributed by atoms with Crippen LogP contribution < -0.4 is 4.74 Å². The number of hydroxylamine groups is 2. The van der Waals surface area contributed by atoms with Crippen molar-refractivity contribution < 1.29 is 31.8 Å². The van der Waals surface area contributed by atoms with Gasteiger partial charge in [-0.15, -0.1) is 5.06 Å². The smallest absolute Gasteiger partial charge is 0.470 e. The lowest BCUT2D eigenvalue weighted by Gasteiger charge is -2.25. The molecule has 0 fully saturated rings. The van der Waals surface area contributed by atoms with Crippen molar-refractivity contribution in [2.45, 2.75) is 18.9 Å². The number of nitrogens with zero attached hydrogens (tertiary/aromatic N) is 1. The first-order valence-corrected chi connectivity index (χ1v) is 8.07. The van der Waals surface area contributed by atoms with Crippen molar-refractivity contribution in [3.05, 3.63) is 41.5 Å². The van der Waals surface area contributed by atoms with Crippen LogP contribution in [0.3, 0.4) is 0 Å². The van der Waals surface area contributed by atoms with Gasteiger partial charge >= 0.3 is 5.51 Å². The fraction of sp³-hybridized carbons (Fsp3) is 0.250. The third-order valence-electron chi connectivity index (χ3n) is 3.46. The van der Waals surface area contributed by atoms with Gasteiger partial charge in [0.15, 0.2) is 0 Å². The zero-order valence-corrected chi connectivity index (χ0v) is 13.7. The lowest BCUT2D eigenvalue weighted by Crippen LogP contribution is -2.39. The highest BCUT2D eigenvalue weighted by atomic mass is 32.2. The normalized spacial score (nSPS) is 14.3. The van der Waals surface area contributed by atoms with Crippen molar-refractivity contribution in [3.63, 3.8) is 0 Å². The van der Waals surface area contributed by atoms with Crippen molar-refractivity contribution in [1.29, 1.82) is 0 Å². The third-order valence-corrected chi connectivity index (χ3v) is 3.87. The van der Waals surface area contributed by atoms with Crippen LogP contribution in [0.5, 0.6) is 5.75 Å². The highest BCUT2D eigenvalue weighted by molar-refractivity contribution is 7.95. The first-order chi connectivity index (χ1) is 11.8. The number of carbonyl (C=O) groups excluding carboxylic acids is 2. The van der Waals surface area contributed by atoms with Crippen molar-refractivity contribution in [3.8, 4) is 5.75 Å². The van der Waals surface area contributed by atoms with Gasteiger partial charge < -0.3 is 4.74 Å². The van der Waals surface area contributed by atoms with Crippen LogP contribution in [0.2, 0.25) is 0 Å². The van der Waals surface area contributed by atoms with E-state index in [9.17, 15) is 22.8 Å². The summed E-state index contributed by atoms with van der Waals surface area (Å²) < 4.78 is 47.0. The molecule has 2 aromatic rings. The molecule has 1 aliphatic rings. The average molecular weight is 371 g/mol. The summed E-state index contributed by atoms with van der Waals surface area (Å²) in [4.78, 5) is 24.9. The van der Waals surface area contributed by atoms with Gasteiger partial charge in [0.25, 0.3) is 11.8 Å². The predicted molar refractivity (Wildman–Crippen MR) is 85.0 cm³/mol. The molecule has 0 bridgehead atoms. The molecule has 5 nitrogen and oxygen atoms in total. The minimum absolute atomic E-state index is 0.0570. The Hall–Kier alpha value is -2.26. The molecule has 0 spiro atoms. The number of hydrogen-bond acceptors (Lipinski definition) is 5. The summed E-state index contributed by atoms with van der Waals surface area (Å²) >= 11 is -0.917. The zero-order chi connectivity index (χ0) is 18.2. The number of alkyl halides is 3. The van der Waals surface area contributed by atoms with E-state index in [0.717, 1.165) is 6.42 Å². The topological polar surface area (TPSA) is 55.8 Å². The predicted octanol–water partition coefficient (Wildman–Crippen LogP) is 4.32. The van der Waals surface area contributed by atoms with Crippen molar-refractivity contribution >= 4 is 34.6 Å². The number of amides is 2. The van der Waals surface area contributed by atoms with Gasteiger partial charge in [-0.2, -0.15) is 17.5 Å². The lowest BCUT2D eigenvalue weighted by molar-refractivity contribution is -0.0570. The molecule has 0 N–H and O–H groups in total. The van der Waals surface area contributed by atoms with E-state index in [-0.39, 0.29) is 16.2 Å². The summed E-state index contributed by atoms with van der Waals surface area (Å²) in [7, 11) is 0. The fourth-order valence-electron chi connectivity index (χ4n) is 2.51. The number of hydrogen-bond donors (Lipinski definition) is 0. The largest absolute Gasteiger partial charge is 0.494 e. The van der Waals surface area contributed by atoms with E-state index in [2.05, 4.69) is 4.28 Å². The molecule has 2 aromatic carbocycles. The highest BCUT2D eigenvalue weighted by Gasteiger charge is 2.39. The van der Waals surface area contributed by atoms with Gasteiger partial charge in [-0.25, -0.2) is 0 Å². The Morgan fingerprint density at radius 3 is 2.52 bits per heavy atom. The van der Waals surface area contributed by atoms with Crippen LogP contribution in [-0.2, 0) is 4.28 Å². The van der Waals surface area contributed by atoms with E-state index in [1.807, 2.05) is 6.92 Å². The molecule has 0 aromatic heterocycles. The molecule has 0 unspecified atom stereocenters. The molecule has 25 heavy (non-hydrogen) atoms. The van der Waals surface area contributed by atoms with E-state index < -0.39 is 29.4 Å². The molecule has 1 aliphatic heterocycles. The zero-order valence-electron chi connectivity index (χ0n) is 12.9. The van der Waals surface area contributed by atoms with Gasteiger partial charge in [-0.05, 0) is 30.0 Å². The standard InChI is InChI=1S/C16H12F3NO4S/c1-2-6-23-10-7-9-4-3-5-11-13(9)12(8-10)15(22)20(14(11)21)24-25-16(17,18)19/h3-5,7-8H,2,6H2,1H3. The molecule has 0 atom stereocenters. The molecule has 0 saturated carbocycles. The van der Waals surface area contributed by atoms with Gasteiger partial charge in [0, 0.05) is 5.39 Å². The second-order valence-electron chi connectivity index (χ2n) is 5.23. The molecule has 132 valence electrons. The van der Waals surface area contributed by atoms with Crippen molar-refractivity contribution in [2.75, 3.05) is 6.61 Å². The first kappa shape index (κ1) is 17.6. The second kappa shape index (κ2) is 6.57. The van der Waals surface area contributed by atoms with Gasteiger partial charge in [0.1, 0.15) is 17.8 Å². The maximum absolute atomic E-state index is 12.5. The number of halogens is 3. The maximum Gasteiger partial charge on any atom is 0.470 e. The summed E-state index contributed by atoms with van der Waals surface area (Å²) in [5.74, 6) is -1.51. The number of ether oxygens (including phenoxy) is 1. The maximum atomic E-state index is 12.5. The van der Waals surface area contributed by atoms with Crippen LogP contribution >= 0.6 is 12.0 Å². The van der Waals surface area contributed by atoms with Gasteiger partial charge in [0.05, 0.1) is 17.7 Å². The summed E-state index contributed by atoms with van der Waals surface area (Å²) in [6, 6.07) is 7.79. The number of rotatable bonds is 5. The van der Waals surface area contributed by atoms with Crippen LogP contribution in [0.25, 0.3) is 10.8 Å². The molecule has 9 heteroatoms. The fourth-order valence-corrected chi connectivity index (χ4v) is 2.80. The van der Waals surface area contributed by atoms with Crippen LogP contribution in [0.4, 0.5) is 13.2 Å². The number of carbonyl (C=O) groups is 2.